The van der Waals surface area contributed by atoms with E-state index in [1.165, 1.54) is 6.92 Å². The number of carbonyl (C=O) groups is 7. The molecule has 52 heavy (non-hydrogen) atoms. The van der Waals surface area contributed by atoms with Crippen molar-refractivity contribution in [2.24, 2.45) is 0 Å². The van der Waals surface area contributed by atoms with Crippen LogP contribution in [0.5, 0.6) is 11.5 Å². The summed E-state index contributed by atoms with van der Waals surface area (Å²) in [6.45, 7) is 2.42. The Morgan fingerprint density at radius 1 is 0.538 bits per heavy atom. The van der Waals surface area contributed by atoms with Crippen LogP contribution in [0.25, 0.3) is 0 Å². The fourth-order valence-electron chi connectivity index (χ4n) is 4.66. The number of nitrogens with zero attached hydrogens (tertiary/aromatic N) is 3. The predicted octanol–water partition coefficient (Wildman–Crippen LogP) is 1.50. The molecule has 292 valence electrons. The summed E-state index contributed by atoms with van der Waals surface area (Å²) in [5.74, 6) is -6.30. The highest BCUT2D eigenvalue weighted by Gasteiger charge is 2.20. The van der Waals surface area contributed by atoms with Gasteiger partial charge in [-0.1, -0.05) is 0 Å². The third kappa shape index (κ3) is 18.3. The van der Waals surface area contributed by atoms with Gasteiger partial charge in [0.1, 0.15) is 5.56 Å². The maximum Gasteiger partial charge on any atom is 0.339 e. The number of phenolic OH excluding ortho intramolecular Hbond substituents is 1. The van der Waals surface area contributed by atoms with Crippen molar-refractivity contribution >= 4 is 41.4 Å². The maximum absolute atomic E-state index is 12.2. The van der Waals surface area contributed by atoms with Crippen LogP contribution in [0, 0.1) is 0 Å². The highest BCUT2D eigenvalue weighted by molar-refractivity contribution is 6.00. The summed E-state index contributed by atoms with van der Waals surface area (Å²) in [5.41, 5.74) is -0.834. The zero-order valence-electron chi connectivity index (χ0n) is 29.5. The van der Waals surface area contributed by atoms with Gasteiger partial charge in [0.2, 0.25) is 29.5 Å². The van der Waals surface area contributed by atoms with Gasteiger partial charge < -0.3 is 31.3 Å². The number of carboxylic acid groups (broad SMARTS) is 1. The number of hydroxylamine groups is 6. The molecule has 0 aliphatic rings. The number of unbranched alkanes of at least 4 members (excludes halogenated alkanes) is 6. The number of carbonyl (C=O) groups excluding carboxylic acids is 6. The van der Waals surface area contributed by atoms with Gasteiger partial charge in [-0.25, -0.2) is 20.0 Å². The summed E-state index contributed by atoms with van der Waals surface area (Å²) in [5, 5.41) is 67.3. The zero-order valence-corrected chi connectivity index (χ0v) is 29.5. The van der Waals surface area contributed by atoms with E-state index < -0.39 is 46.7 Å². The molecule has 0 atom stereocenters. The first-order chi connectivity index (χ1) is 24.6. The van der Waals surface area contributed by atoms with E-state index >= 15 is 0 Å². The van der Waals surface area contributed by atoms with Gasteiger partial charge in [0.05, 0.1) is 5.56 Å². The molecule has 0 saturated heterocycles. The lowest BCUT2D eigenvalue weighted by Crippen LogP contribution is -2.31. The molecule has 1 rings (SSSR count). The maximum atomic E-state index is 12.2. The Balaban J connectivity index is 2.07. The summed E-state index contributed by atoms with van der Waals surface area (Å²) >= 11 is 0. The van der Waals surface area contributed by atoms with Crippen LogP contribution in [0.2, 0.25) is 0 Å². The number of carboxylic acids is 1. The monoisotopic (exact) mass is 740 g/mol. The fraction of sp³-hybridized carbons (Fsp3) is 0.606. The van der Waals surface area contributed by atoms with Crippen LogP contribution in [0.1, 0.15) is 111 Å². The van der Waals surface area contributed by atoms with Crippen molar-refractivity contribution in [3.05, 3.63) is 23.3 Å². The molecule has 0 unspecified atom stereocenters. The van der Waals surface area contributed by atoms with Crippen molar-refractivity contribution in [2.75, 3.05) is 39.3 Å². The number of hydrogen-bond donors (Lipinski definition) is 9. The van der Waals surface area contributed by atoms with Gasteiger partial charge in [0.15, 0.2) is 11.5 Å². The molecule has 9 N–H and O–H groups in total. The van der Waals surface area contributed by atoms with E-state index in [1.54, 1.807) is 0 Å². The van der Waals surface area contributed by atoms with Crippen LogP contribution in [0.15, 0.2) is 12.1 Å². The first-order valence-electron chi connectivity index (χ1n) is 17.2. The Hall–Kier alpha value is -5.01. The molecule has 0 heterocycles. The van der Waals surface area contributed by atoms with E-state index in [4.69, 9.17) is 5.11 Å². The molecular formula is C33H52N6O13. The number of aromatic carboxylic acids is 1. The van der Waals surface area contributed by atoms with E-state index in [2.05, 4.69) is 16.0 Å². The summed E-state index contributed by atoms with van der Waals surface area (Å²) in [6, 6.07) is 2.08. The lowest BCUT2D eigenvalue weighted by Gasteiger charge is -2.15. The lowest BCUT2D eigenvalue weighted by molar-refractivity contribution is -0.166. The standard InChI is InChI=1S/C33H52N6O13/c1-23(40)37(50)20-8-2-5-17-34-26(41)13-15-28(43)38(51)21-9-3-6-18-35-27(42)14-16-29(44)39(52)22-10-4-7-19-36-32(47)24-11-12-25(33(48)49)31(46)30(24)45/h11-12,45-46,50-52H,2-10,13-22H2,1H3,(H,34,41)(H,35,42)(H,36,47)(H,48,49). The molecule has 0 aromatic heterocycles. The quantitative estimate of drug-likeness (QED) is 0.0282. The van der Waals surface area contributed by atoms with Crippen molar-refractivity contribution in [3.8, 4) is 11.5 Å². The molecule has 0 aliphatic heterocycles. The van der Waals surface area contributed by atoms with Gasteiger partial charge in [-0.15, -0.1) is 0 Å². The molecule has 0 fully saturated rings. The molecule has 0 radical (unpaired) electrons. The zero-order chi connectivity index (χ0) is 39.1. The fourth-order valence-corrected chi connectivity index (χ4v) is 4.66. The molecule has 6 amide bonds. The van der Waals surface area contributed by atoms with Gasteiger partial charge in [-0.2, -0.15) is 0 Å². The minimum absolute atomic E-state index is 0.00787. The van der Waals surface area contributed by atoms with Crippen molar-refractivity contribution in [1.29, 1.82) is 0 Å². The van der Waals surface area contributed by atoms with Crippen LogP contribution in [-0.2, 0) is 24.0 Å². The van der Waals surface area contributed by atoms with Crippen molar-refractivity contribution < 1.29 is 64.5 Å². The molecule has 0 aliphatic carbocycles. The van der Waals surface area contributed by atoms with Crippen LogP contribution < -0.4 is 16.0 Å². The number of phenols is 2. The van der Waals surface area contributed by atoms with E-state index in [1.807, 2.05) is 0 Å². The van der Waals surface area contributed by atoms with Gasteiger partial charge in [0.25, 0.3) is 5.91 Å². The first kappa shape index (κ1) is 45.0. The average Bonchev–Trinajstić information content (AvgIpc) is 3.10. The van der Waals surface area contributed by atoms with E-state index in [-0.39, 0.29) is 69.2 Å². The highest BCUT2D eigenvalue weighted by atomic mass is 16.5. The number of aromatic hydroxyl groups is 2. The summed E-state index contributed by atoms with van der Waals surface area (Å²) in [6.07, 6.45) is 4.32. The SMILES string of the molecule is CC(=O)N(O)CCCCCNC(=O)CCC(=O)N(O)CCCCCNC(=O)CCC(=O)N(O)CCCCCNC(=O)c1ccc(C(=O)O)c(O)c1O. The van der Waals surface area contributed by atoms with Gasteiger partial charge in [-0.3, -0.25) is 44.4 Å². The summed E-state index contributed by atoms with van der Waals surface area (Å²) < 4.78 is 0. The number of rotatable bonds is 26. The van der Waals surface area contributed by atoms with E-state index in [9.17, 15) is 59.4 Å². The Bertz CT molecular complexity index is 1360. The van der Waals surface area contributed by atoms with Crippen LogP contribution in [-0.4, -0.2) is 127 Å². The summed E-state index contributed by atoms with van der Waals surface area (Å²) in [4.78, 5) is 82.3. The summed E-state index contributed by atoms with van der Waals surface area (Å²) in [7, 11) is 0. The van der Waals surface area contributed by atoms with Crippen LogP contribution in [0.3, 0.4) is 0 Å². The Morgan fingerprint density at radius 2 is 0.923 bits per heavy atom. The first-order valence-corrected chi connectivity index (χ1v) is 17.2. The molecular weight excluding hydrogens is 688 g/mol. The second-order valence-corrected chi connectivity index (χ2v) is 12.0. The van der Waals surface area contributed by atoms with Gasteiger partial charge >= 0.3 is 5.97 Å². The van der Waals surface area contributed by atoms with Crippen molar-refractivity contribution in [1.82, 2.24) is 31.1 Å². The highest BCUT2D eigenvalue weighted by Crippen LogP contribution is 2.32. The molecule has 0 spiro atoms. The second-order valence-electron chi connectivity index (χ2n) is 12.0. The van der Waals surface area contributed by atoms with E-state index in [0.717, 1.165) is 12.1 Å². The molecule has 1 aromatic carbocycles. The Labute approximate surface area is 301 Å². The molecule has 0 saturated carbocycles. The average molecular weight is 741 g/mol. The minimum Gasteiger partial charge on any atom is -0.504 e. The third-order valence-electron chi connectivity index (χ3n) is 7.77. The normalized spacial score (nSPS) is 10.6. The third-order valence-corrected chi connectivity index (χ3v) is 7.77. The van der Waals surface area contributed by atoms with Crippen LogP contribution >= 0.6 is 0 Å². The lowest BCUT2D eigenvalue weighted by atomic mass is 10.1. The Kier molecular flexibility index (Phi) is 21.7. The van der Waals surface area contributed by atoms with Crippen LogP contribution in [0.4, 0.5) is 0 Å². The minimum atomic E-state index is -1.46. The predicted molar refractivity (Wildman–Crippen MR) is 181 cm³/mol. The van der Waals surface area contributed by atoms with Crippen molar-refractivity contribution in [3.63, 3.8) is 0 Å². The van der Waals surface area contributed by atoms with E-state index in [0.29, 0.717) is 86.1 Å². The largest absolute Gasteiger partial charge is 0.504 e. The number of nitrogens with one attached hydrogen (secondary N) is 3. The number of benzene rings is 1. The van der Waals surface area contributed by atoms with Crippen molar-refractivity contribution in [2.45, 2.75) is 90.4 Å². The second kappa shape index (κ2) is 25.0. The molecule has 0 bridgehead atoms. The smallest absolute Gasteiger partial charge is 0.339 e. The molecule has 19 nitrogen and oxygen atoms in total. The molecule has 1 aromatic rings. The molecule has 19 heteroatoms. The topological polar surface area (TPSA) is 287 Å². The van der Waals surface area contributed by atoms with Gasteiger partial charge in [0, 0.05) is 71.9 Å². The number of amides is 6. The Morgan fingerprint density at radius 3 is 1.35 bits per heavy atom. The van der Waals surface area contributed by atoms with Gasteiger partial charge in [-0.05, 0) is 69.9 Å². The number of hydrogen-bond acceptors (Lipinski definition) is 12.